The average molecular weight is 359 g/mol. The van der Waals surface area contributed by atoms with Gasteiger partial charge in [-0.3, -0.25) is 9.88 Å². The molecule has 2 aromatic rings. The lowest BCUT2D eigenvalue weighted by atomic mass is 9.89. The van der Waals surface area contributed by atoms with Crippen LogP contribution >= 0.6 is 11.3 Å². The van der Waals surface area contributed by atoms with E-state index in [0.717, 1.165) is 43.4 Å². The third-order valence-corrected chi connectivity index (χ3v) is 6.14. The van der Waals surface area contributed by atoms with Crippen molar-refractivity contribution in [2.45, 2.75) is 38.3 Å². The molecule has 1 aliphatic carbocycles. The highest BCUT2D eigenvalue weighted by molar-refractivity contribution is 7.09. The fraction of sp³-hybridized carbons (Fsp3) is 0.579. The van der Waals surface area contributed by atoms with E-state index >= 15 is 0 Å². The van der Waals surface area contributed by atoms with Gasteiger partial charge in [0.05, 0.1) is 35.7 Å². The summed E-state index contributed by atoms with van der Waals surface area (Å²) < 4.78 is 12.3. The minimum absolute atomic E-state index is 0.0640. The van der Waals surface area contributed by atoms with Crippen molar-refractivity contribution >= 4 is 11.3 Å². The molecule has 1 saturated heterocycles. The molecule has 3 heterocycles. The molecule has 0 bridgehead atoms. The lowest BCUT2D eigenvalue weighted by Crippen LogP contribution is -2.54. The quantitative estimate of drug-likeness (QED) is 0.820. The second-order valence-electron chi connectivity index (χ2n) is 7.07. The minimum atomic E-state index is -0.0640. The number of thiazole rings is 1. The third-order valence-electron chi connectivity index (χ3n) is 5.32. The van der Waals surface area contributed by atoms with Crippen LogP contribution < -0.4 is 4.74 Å². The van der Waals surface area contributed by atoms with E-state index in [1.54, 1.807) is 23.7 Å². The predicted octanol–water partition coefficient (Wildman–Crippen LogP) is 3.30. The predicted molar refractivity (Wildman–Crippen MR) is 97.9 cm³/mol. The van der Waals surface area contributed by atoms with Gasteiger partial charge in [-0.15, -0.1) is 11.3 Å². The van der Waals surface area contributed by atoms with E-state index in [2.05, 4.69) is 27.2 Å². The molecule has 0 amide bonds. The van der Waals surface area contributed by atoms with Gasteiger partial charge in [0.1, 0.15) is 5.75 Å². The number of hydrogen-bond donors (Lipinski definition) is 0. The zero-order valence-electron chi connectivity index (χ0n) is 14.7. The fourth-order valence-electron chi connectivity index (χ4n) is 4.10. The molecule has 25 heavy (non-hydrogen) atoms. The van der Waals surface area contributed by atoms with E-state index < -0.39 is 0 Å². The number of nitrogens with zero attached hydrogens (tertiary/aromatic N) is 3. The van der Waals surface area contributed by atoms with Gasteiger partial charge in [0.2, 0.25) is 0 Å². The Morgan fingerprint density at radius 3 is 3.24 bits per heavy atom. The van der Waals surface area contributed by atoms with Gasteiger partial charge < -0.3 is 9.47 Å². The maximum absolute atomic E-state index is 6.35. The Morgan fingerprint density at radius 1 is 1.48 bits per heavy atom. The van der Waals surface area contributed by atoms with Crippen LogP contribution in [0.5, 0.6) is 5.75 Å². The fourth-order valence-corrected chi connectivity index (χ4v) is 4.71. The summed E-state index contributed by atoms with van der Waals surface area (Å²) in [5.41, 5.74) is 1.12. The largest absolute Gasteiger partial charge is 0.492 e. The molecule has 4 rings (SSSR count). The van der Waals surface area contributed by atoms with Crippen molar-refractivity contribution < 1.29 is 9.47 Å². The highest BCUT2D eigenvalue weighted by atomic mass is 32.1. The van der Waals surface area contributed by atoms with Crippen molar-refractivity contribution in [3.05, 3.63) is 40.6 Å². The van der Waals surface area contributed by atoms with Crippen molar-refractivity contribution in [2.75, 3.05) is 26.3 Å². The highest BCUT2D eigenvalue weighted by Crippen LogP contribution is 2.41. The Bertz CT molecular complexity index is 693. The molecule has 1 spiro atoms. The molecule has 2 fully saturated rings. The van der Waals surface area contributed by atoms with Crippen LogP contribution in [0.2, 0.25) is 0 Å². The van der Waals surface area contributed by atoms with Crippen molar-refractivity contribution in [3.8, 4) is 5.75 Å². The second-order valence-corrected chi connectivity index (χ2v) is 8.13. The van der Waals surface area contributed by atoms with Crippen LogP contribution in [-0.2, 0) is 11.3 Å². The first kappa shape index (κ1) is 16.9. The van der Waals surface area contributed by atoms with Crippen LogP contribution in [0.1, 0.15) is 30.0 Å². The zero-order valence-corrected chi connectivity index (χ0v) is 15.5. The summed E-state index contributed by atoms with van der Waals surface area (Å²) in [5.74, 6) is 1.28. The SMILES string of the molecule is Cc1nc(CN2CCO[C@]3(CCC[C@H]3COc3cccnc3)C2)cs1. The molecule has 2 atom stereocenters. The van der Waals surface area contributed by atoms with Crippen molar-refractivity contribution in [3.63, 3.8) is 0 Å². The van der Waals surface area contributed by atoms with Gasteiger partial charge in [-0.05, 0) is 38.3 Å². The number of aromatic nitrogens is 2. The van der Waals surface area contributed by atoms with Gasteiger partial charge >= 0.3 is 0 Å². The molecule has 134 valence electrons. The first-order chi connectivity index (χ1) is 12.2. The van der Waals surface area contributed by atoms with Gasteiger partial charge in [0.25, 0.3) is 0 Å². The molecular weight excluding hydrogens is 334 g/mol. The monoisotopic (exact) mass is 359 g/mol. The molecule has 0 aromatic carbocycles. The van der Waals surface area contributed by atoms with Crippen molar-refractivity contribution in [1.82, 2.24) is 14.9 Å². The van der Waals surface area contributed by atoms with Crippen LogP contribution in [-0.4, -0.2) is 46.8 Å². The average Bonchev–Trinajstić information content (AvgIpc) is 3.20. The summed E-state index contributed by atoms with van der Waals surface area (Å²) in [4.78, 5) is 11.2. The van der Waals surface area contributed by atoms with E-state index in [1.807, 2.05) is 12.1 Å². The smallest absolute Gasteiger partial charge is 0.137 e. The van der Waals surface area contributed by atoms with Gasteiger partial charge in [0.15, 0.2) is 0 Å². The molecule has 1 saturated carbocycles. The van der Waals surface area contributed by atoms with Crippen LogP contribution in [0.15, 0.2) is 29.9 Å². The highest BCUT2D eigenvalue weighted by Gasteiger charge is 2.47. The molecule has 0 unspecified atom stereocenters. The number of rotatable bonds is 5. The summed E-state index contributed by atoms with van der Waals surface area (Å²) in [6.07, 6.45) is 7.06. The van der Waals surface area contributed by atoms with Gasteiger partial charge in [-0.2, -0.15) is 0 Å². The zero-order chi connectivity index (χ0) is 17.1. The summed E-state index contributed by atoms with van der Waals surface area (Å²) in [6.45, 7) is 6.45. The Balaban J connectivity index is 1.40. The number of hydrogen-bond acceptors (Lipinski definition) is 6. The Morgan fingerprint density at radius 2 is 2.44 bits per heavy atom. The molecule has 0 N–H and O–H groups in total. The first-order valence-corrected chi connectivity index (χ1v) is 9.92. The third kappa shape index (κ3) is 3.86. The maximum Gasteiger partial charge on any atom is 0.137 e. The van der Waals surface area contributed by atoms with E-state index in [0.29, 0.717) is 12.5 Å². The van der Waals surface area contributed by atoms with Crippen molar-refractivity contribution in [2.24, 2.45) is 5.92 Å². The second kappa shape index (κ2) is 7.40. The first-order valence-electron chi connectivity index (χ1n) is 9.04. The van der Waals surface area contributed by atoms with Crippen LogP contribution in [0.3, 0.4) is 0 Å². The molecule has 2 aliphatic rings. The van der Waals surface area contributed by atoms with Crippen molar-refractivity contribution in [1.29, 1.82) is 0 Å². The molecule has 2 aromatic heterocycles. The molecule has 6 heteroatoms. The topological polar surface area (TPSA) is 47.5 Å². The Kier molecular flexibility index (Phi) is 5.01. The van der Waals surface area contributed by atoms with Gasteiger partial charge in [-0.1, -0.05) is 0 Å². The standard InChI is InChI=1S/C19H25N3O2S/c1-15-21-17(13-25-15)11-22-8-9-24-19(14-22)6-2-4-16(19)12-23-18-5-3-7-20-10-18/h3,5,7,10,13,16H,2,4,6,8-9,11-12,14H2,1H3/t16-,19+/m0/s1. The number of pyridine rings is 1. The summed E-state index contributed by atoms with van der Waals surface area (Å²) >= 11 is 1.73. The number of aryl methyl sites for hydroxylation is 1. The Labute approximate surface area is 153 Å². The Hall–Kier alpha value is -1.50. The summed E-state index contributed by atoms with van der Waals surface area (Å²) in [5, 5.41) is 3.32. The van der Waals surface area contributed by atoms with E-state index in [-0.39, 0.29) is 5.60 Å². The number of ether oxygens (including phenoxy) is 2. The van der Waals surface area contributed by atoms with E-state index in [9.17, 15) is 0 Å². The lowest BCUT2D eigenvalue weighted by molar-refractivity contribution is -0.137. The molecule has 5 nitrogen and oxygen atoms in total. The van der Waals surface area contributed by atoms with Gasteiger partial charge in [-0.25, -0.2) is 4.98 Å². The van der Waals surface area contributed by atoms with Crippen LogP contribution in [0.4, 0.5) is 0 Å². The summed E-state index contributed by atoms with van der Waals surface area (Å²) in [6, 6.07) is 3.88. The minimum Gasteiger partial charge on any atom is -0.492 e. The normalized spacial score (nSPS) is 27.0. The molecule has 1 aliphatic heterocycles. The lowest BCUT2D eigenvalue weighted by Gasteiger charge is -2.43. The van der Waals surface area contributed by atoms with Crippen LogP contribution in [0.25, 0.3) is 0 Å². The maximum atomic E-state index is 6.35. The molecular formula is C19H25N3O2S. The van der Waals surface area contributed by atoms with Gasteiger partial charge in [0, 0.05) is 37.1 Å². The summed E-state index contributed by atoms with van der Waals surface area (Å²) in [7, 11) is 0. The van der Waals surface area contributed by atoms with E-state index in [4.69, 9.17) is 9.47 Å². The van der Waals surface area contributed by atoms with E-state index in [1.165, 1.54) is 18.5 Å². The number of morpholine rings is 1. The molecule has 0 radical (unpaired) electrons. The van der Waals surface area contributed by atoms with Crippen LogP contribution in [0, 0.1) is 12.8 Å².